The topological polar surface area (TPSA) is 63.8 Å². The molecule has 1 atom stereocenters. The summed E-state index contributed by atoms with van der Waals surface area (Å²) >= 11 is 0. The number of rotatable bonds is 2. The molecular formula is C10H18N4. The third-order valence-corrected chi connectivity index (χ3v) is 2.39. The van der Waals surface area contributed by atoms with Crippen molar-refractivity contribution in [3.8, 4) is 0 Å². The molecule has 0 amide bonds. The molecule has 4 nitrogen and oxygen atoms in total. The molecule has 1 aromatic rings. The van der Waals surface area contributed by atoms with Gasteiger partial charge in [-0.2, -0.15) is 0 Å². The molecule has 1 rings (SSSR count). The second-order valence-corrected chi connectivity index (χ2v) is 4.56. The summed E-state index contributed by atoms with van der Waals surface area (Å²) in [4.78, 5) is 7.92. The largest absolute Gasteiger partial charge is 0.394 e. The minimum absolute atomic E-state index is 0.178. The highest BCUT2D eigenvalue weighted by atomic mass is 15.1. The van der Waals surface area contributed by atoms with Gasteiger partial charge in [-0.1, -0.05) is 20.8 Å². The fraction of sp³-hybridized carbons (Fsp3) is 0.600. The first-order chi connectivity index (χ1) is 6.41. The summed E-state index contributed by atoms with van der Waals surface area (Å²) in [6.45, 7) is 8.62. The Kier molecular flexibility index (Phi) is 2.93. The van der Waals surface area contributed by atoms with E-state index in [1.807, 2.05) is 0 Å². The van der Waals surface area contributed by atoms with E-state index in [9.17, 15) is 0 Å². The van der Waals surface area contributed by atoms with Crippen molar-refractivity contribution < 1.29 is 0 Å². The number of hydrogen-bond donors (Lipinski definition) is 2. The molecule has 1 unspecified atom stereocenters. The summed E-state index contributed by atoms with van der Waals surface area (Å²) in [6.07, 6.45) is 3.10. The van der Waals surface area contributed by atoms with Crippen molar-refractivity contribution in [3.05, 3.63) is 12.5 Å². The van der Waals surface area contributed by atoms with Crippen LogP contribution in [0.15, 0.2) is 12.5 Å². The summed E-state index contributed by atoms with van der Waals surface area (Å²) in [5.41, 5.74) is 6.49. The zero-order valence-electron chi connectivity index (χ0n) is 9.20. The molecule has 0 aliphatic rings. The Bertz CT molecular complexity index is 303. The van der Waals surface area contributed by atoms with E-state index in [1.54, 1.807) is 6.20 Å². The van der Waals surface area contributed by atoms with Crippen LogP contribution in [-0.2, 0) is 0 Å². The van der Waals surface area contributed by atoms with Crippen LogP contribution >= 0.6 is 0 Å². The standard InChI is InChI=1S/C10H18N4/c1-7(10(2,3)4)14-9-8(11)5-12-6-13-9/h5-7H,11H2,1-4H3,(H,12,13,14). The van der Waals surface area contributed by atoms with Gasteiger partial charge in [0.1, 0.15) is 6.33 Å². The van der Waals surface area contributed by atoms with Gasteiger partial charge in [-0.25, -0.2) is 9.97 Å². The molecule has 0 aliphatic carbocycles. The van der Waals surface area contributed by atoms with Crippen LogP contribution < -0.4 is 11.1 Å². The lowest BCUT2D eigenvalue weighted by Gasteiger charge is -2.28. The Balaban J connectivity index is 2.75. The molecule has 0 fully saturated rings. The summed E-state index contributed by atoms with van der Waals surface area (Å²) in [6, 6.07) is 0.305. The Hall–Kier alpha value is -1.32. The van der Waals surface area contributed by atoms with E-state index in [2.05, 4.69) is 43.0 Å². The Morgan fingerprint density at radius 3 is 2.57 bits per heavy atom. The third-order valence-electron chi connectivity index (χ3n) is 2.39. The Labute approximate surface area is 85.0 Å². The monoisotopic (exact) mass is 194 g/mol. The molecule has 0 radical (unpaired) electrons. The normalized spacial score (nSPS) is 13.7. The summed E-state index contributed by atoms with van der Waals surface area (Å²) in [5, 5.41) is 3.27. The SMILES string of the molecule is CC(Nc1ncncc1N)C(C)(C)C. The number of nitrogens with one attached hydrogen (secondary N) is 1. The number of aromatic nitrogens is 2. The number of nitrogens with two attached hydrogens (primary N) is 1. The highest BCUT2D eigenvalue weighted by Crippen LogP contribution is 2.23. The van der Waals surface area contributed by atoms with Gasteiger partial charge < -0.3 is 11.1 Å². The highest BCUT2D eigenvalue weighted by Gasteiger charge is 2.20. The van der Waals surface area contributed by atoms with Crippen molar-refractivity contribution in [1.82, 2.24) is 9.97 Å². The maximum atomic E-state index is 5.72. The van der Waals surface area contributed by atoms with Gasteiger partial charge in [-0.3, -0.25) is 0 Å². The molecule has 0 aliphatic heterocycles. The molecule has 0 saturated heterocycles. The highest BCUT2D eigenvalue weighted by molar-refractivity contribution is 5.59. The zero-order valence-corrected chi connectivity index (χ0v) is 9.20. The first-order valence-electron chi connectivity index (χ1n) is 4.73. The van der Waals surface area contributed by atoms with Crippen LogP contribution in [0.25, 0.3) is 0 Å². The summed E-state index contributed by atoms with van der Waals surface area (Å²) < 4.78 is 0. The van der Waals surface area contributed by atoms with Crippen molar-refractivity contribution in [2.75, 3.05) is 11.1 Å². The Morgan fingerprint density at radius 1 is 1.43 bits per heavy atom. The minimum Gasteiger partial charge on any atom is -0.394 e. The van der Waals surface area contributed by atoms with Crippen LogP contribution in [0.4, 0.5) is 11.5 Å². The molecule has 4 heteroatoms. The summed E-state index contributed by atoms with van der Waals surface area (Å²) in [5.74, 6) is 0.711. The van der Waals surface area contributed by atoms with E-state index in [1.165, 1.54) is 6.33 Å². The van der Waals surface area contributed by atoms with Crippen molar-refractivity contribution in [1.29, 1.82) is 0 Å². The van der Waals surface area contributed by atoms with E-state index in [0.717, 1.165) is 0 Å². The third kappa shape index (κ3) is 2.58. The van der Waals surface area contributed by atoms with Gasteiger partial charge in [0, 0.05) is 6.04 Å². The van der Waals surface area contributed by atoms with E-state index in [4.69, 9.17) is 5.73 Å². The summed E-state index contributed by atoms with van der Waals surface area (Å²) in [7, 11) is 0. The minimum atomic E-state index is 0.178. The number of nitrogens with zero attached hydrogens (tertiary/aromatic N) is 2. The fourth-order valence-electron chi connectivity index (χ4n) is 0.883. The number of hydrogen-bond acceptors (Lipinski definition) is 4. The van der Waals surface area contributed by atoms with E-state index in [-0.39, 0.29) is 5.41 Å². The van der Waals surface area contributed by atoms with Gasteiger partial charge in [0.15, 0.2) is 5.82 Å². The number of nitrogen functional groups attached to an aromatic ring is 1. The zero-order chi connectivity index (χ0) is 10.8. The molecule has 14 heavy (non-hydrogen) atoms. The van der Waals surface area contributed by atoms with Crippen LogP contribution in [-0.4, -0.2) is 16.0 Å². The molecule has 1 heterocycles. The predicted molar refractivity (Wildman–Crippen MR) is 59.0 cm³/mol. The van der Waals surface area contributed by atoms with Gasteiger partial charge in [0.25, 0.3) is 0 Å². The van der Waals surface area contributed by atoms with E-state index >= 15 is 0 Å². The quantitative estimate of drug-likeness (QED) is 0.754. The molecular weight excluding hydrogens is 176 g/mol. The molecule has 0 spiro atoms. The van der Waals surface area contributed by atoms with Crippen molar-refractivity contribution in [2.24, 2.45) is 5.41 Å². The molecule has 78 valence electrons. The second-order valence-electron chi connectivity index (χ2n) is 4.56. The molecule has 0 bridgehead atoms. The number of anilines is 2. The lowest BCUT2D eigenvalue weighted by molar-refractivity contribution is 0.359. The van der Waals surface area contributed by atoms with Crippen LogP contribution in [0.1, 0.15) is 27.7 Å². The van der Waals surface area contributed by atoms with Gasteiger partial charge >= 0.3 is 0 Å². The lowest BCUT2D eigenvalue weighted by Crippen LogP contribution is -2.31. The molecule has 0 aromatic carbocycles. The van der Waals surface area contributed by atoms with Crippen LogP contribution in [0.3, 0.4) is 0 Å². The predicted octanol–water partition coefficient (Wildman–Crippen LogP) is 1.91. The van der Waals surface area contributed by atoms with Gasteiger partial charge in [0.2, 0.25) is 0 Å². The lowest BCUT2D eigenvalue weighted by atomic mass is 9.88. The maximum absolute atomic E-state index is 5.72. The van der Waals surface area contributed by atoms with Crippen LogP contribution in [0, 0.1) is 5.41 Å². The van der Waals surface area contributed by atoms with Gasteiger partial charge in [-0.05, 0) is 12.3 Å². The maximum Gasteiger partial charge on any atom is 0.152 e. The fourth-order valence-corrected chi connectivity index (χ4v) is 0.883. The van der Waals surface area contributed by atoms with Gasteiger partial charge in [-0.15, -0.1) is 0 Å². The van der Waals surface area contributed by atoms with Crippen molar-refractivity contribution >= 4 is 11.5 Å². The van der Waals surface area contributed by atoms with E-state index < -0.39 is 0 Å². The Morgan fingerprint density at radius 2 is 2.07 bits per heavy atom. The van der Waals surface area contributed by atoms with Gasteiger partial charge in [0.05, 0.1) is 11.9 Å². The van der Waals surface area contributed by atoms with Crippen molar-refractivity contribution in [3.63, 3.8) is 0 Å². The average Bonchev–Trinajstić information content (AvgIpc) is 2.07. The average molecular weight is 194 g/mol. The van der Waals surface area contributed by atoms with Crippen molar-refractivity contribution in [2.45, 2.75) is 33.7 Å². The first-order valence-corrected chi connectivity index (χ1v) is 4.73. The smallest absolute Gasteiger partial charge is 0.152 e. The van der Waals surface area contributed by atoms with Crippen LogP contribution in [0.2, 0.25) is 0 Å². The second kappa shape index (κ2) is 3.82. The molecule has 1 aromatic heterocycles. The van der Waals surface area contributed by atoms with E-state index in [0.29, 0.717) is 17.5 Å². The first kappa shape index (κ1) is 10.8. The van der Waals surface area contributed by atoms with Crippen LogP contribution in [0.5, 0.6) is 0 Å². The molecule has 0 saturated carbocycles. The molecule has 3 N–H and O–H groups in total.